The third-order valence-corrected chi connectivity index (χ3v) is 5.58. The van der Waals surface area contributed by atoms with Gasteiger partial charge in [-0.25, -0.2) is 0 Å². The number of hydrogen-bond acceptors (Lipinski definition) is 2. The Morgan fingerprint density at radius 2 is 2.27 bits per heavy atom. The van der Waals surface area contributed by atoms with Crippen LogP contribution in [0.5, 0.6) is 0 Å². The van der Waals surface area contributed by atoms with Crippen molar-refractivity contribution in [3.05, 3.63) is 24.8 Å². The maximum atomic E-state index is 8.95. The molecular formula is C10H8Br2ClNS. The smallest absolute Gasteiger partial charge is 0.0963 e. The normalized spacial score (nSPS) is 12.2. The minimum atomic E-state index is 0.566. The van der Waals surface area contributed by atoms with Crippen LogP contribution in [0, 0.1) is 11.3 Å². The Hall–Kier alpha value is 0.180. The van der Waals surface area contributed by atoms with E-state index in [1.807, 2.05) is 13.0 Å². The zero-order valence-corrected chi connectivity index (χ0v) is 12.7. The van der Waals surface area contributed by atoms with E-state index in [9.17, 15) is 0 Å². The van der Waals surface area contributed by atoms with Crippen molar-refractivity contribution in [2.24, 2.45) is 0 Å². The van der Waals surface area contributed by atoms with E-state index in [1.54, 1.807) is 0 Å². The van der Waals surface area contributed by atoms with Gasteiger partial charge in [-0.2, -0.15) is 5.26 Å². The Balaban J connectivity index is 3.11. The van der Waals surface area contributed by atoms with Gasteiger partial charge >= 0.3 is 0 Å². The molecule has 0 amide bonds. The summed E-state index contributed by atoms with van der Waals surface area (Å²) in [5.41, 5.74) is 0.653. The average molecular weight is 370 g/mol. The number of nitriles is 1. The fourth-order valence-electron chi connectivity index (χ4n) is 1.07. The molecule has 0 aliphatic rings. The number of thiophene rings is 1. The summed E-state index contributed by atoms with van der Waals surface area (Å²) in [5, 5.41) is 9.52. The minimum absolute atomic E-state index is 0.566. The van der Waals surface area contributed by atoms with Gasteiger partial charge in [0.1, 0.15) is 0 Å². The second-order valence-electron chi connectivity index (χ2n) is 2.89. The van der Waals surface area contributed by atoms with Crippen molar-refractivity contribution in [2.75, 3.05) is 0 Å². The van der Waals surface area contributed by atoms with Crippen molar-refractivity contribution < 1.29 is 0 Å². The van der Waals surface area contributed by atoms with Gasteiger partial charge in [-0.05, 0) is 44.3 Å². The molecule has 0 saturated heterocycles. The SMILES string of the molecule is CCC/C(C#N)=C(\Cl)c1cc(Br)c(Br)s1. The first-order valence-electron chi connectivity index (χ1n) is 4.34. The molecule has 0 saturated carbocycles. The lowest BCUT2D eigenvalue weighted by Gasteiger charge is -1.98. The highest BCUT2D eigenvalue weighted by Gasteiger charge is 2.11. The molecule has 1 aromatic heterocycles. The predicted molar refractivity (Wildman–Crippen MR) is 73.0 cm³/mol. The quantitative estimate of drug-likeness (QED) is 0.641. The van der Waals surface area contributed by atoms with Gasteiger partial charge in [0.15, 0.2) is 0 Å². The van der Waals surface area contributed by atoms with Crippen LogP contribution in [0.4, 0.5) is 0 Å². The zero-order chi connectivity index (χ0) is 11.4. The van der Waals surface area contributed by atoms with Crippen LogP contribution in [-0.2, 0) is 0 Å². The van der Waals surface area contributed by atoms with Crippen LogP contribution in [0.15, 0.2) is 19.9 Å². The molecule has 0 unspecified atom stereocenters. The van der Waals surface area contributed by atoms with Crippen molar-refractivity contribution in [1.29, 1.82) is 5.26 Å². The third kappa shape index (κ3) is 3.32. The van der Waals surface area contributed by atoms with Gasteiger partial charge in [0.25, 0.3) is 0 Å². The fraction of sp³-hybridized carbons (Fsp3) is 0.300. The van der Waals surface area contributed by atoms with Crippen LogP contribution in [-0.4, -0.2) is 0 Å². The lowest BCUT2D eigenvalue weighted by atomic mass is 10.1. The van der Waals surface area contributed by atoms with Gasteiger partial charge in [-0.3, -0.25) is 0 Å². The largest absolute Gasteiger partial charge is 0.193 e. The summed E-state index contributed by atoms with van der Waals surface area (Å²) < 4.78 is 1.96. The number of allylic oxidation sites excluding steroid dienone is 1. The number of halogens is 3. The van der Waals surface area contributed by atoms with Gasteiger partial charge in [-0.15, -0.1) is 11.3 Å². The molecular weight excluding hydrogens is 361 g/mol. The molecule has 0 bridgehead atoms. The Kier molecular flexibility index (Phi) is 5.34. The van der Waals surface area contributed by atoms with Crippen LogP contribution in [0.1, 0.15) is 24.6 Å². The summed E-state index contributed by atoms with van der Waals surface area (Å²) in [6, 6.07) is 4.07. The average Bonchev–Trinajstić information content (AvgIpc) is 2.55. The molecule has 1 aromatic rings. The first-order valence-corrected chi connectivity index (χ1v) is 7.12. The Bertz CT molecular complexity index is 412. The van der Waals surface area contributed by atoms with Gasteiger partial charge in [-0.1, -0.05) is 24.9 Å². The maximum absolute atomic E-state index is 8.95. The summed E-state index contributed by atoms with van der Waals surface area (Å²) in [5.74, 6) is 0. The Morgan fingerprint density at radius 3 is 2.67 bits per heavy atom. The van der Waals surface area contributed by atoms with E-state index in [0.717, 1.165) is 26.0 Å². The van der Waals surface area contributed by atoms with Gasteiger partial charge in [0.2, 0.25) is 0 Å². The van der Waals surface area contributed by atoms with Gasteiger partial charge in [0.05, 0.1) is 14.9 Å². The van der Waals surface area contributed by atoms with E-state index in [4.69, 9.17) is 16.9 Å². The molecule has 0 aromatic carbocycles. The van der Waals surface area contributed by atoms with Gasteiger partial charge in [0, 0.05) is 14.9 Å². The topological polar surface area (TPSA) is 23.8 Å². The zero-order valence-electron chi connectivity index (χ0n) is 7.98. The van der Waals surface area contributed by atoms with Gasteiger partial charge < -0.3 is 0 Å². The van der Waals surface area contributed by atoms with Crippen LogP contribution in [0.25, 0.3) is 5.03 Å². The second-order valence-corrected chi connectivity index (χ2v) is 6.49. The Labute approximate surface area is 115 Å². The molecule has 0 aliphatic carbocycles. The van der Waals surface area contributed by atoms with E-state index in [0.29, 0.717) is 10.6 Å². The molecule has 80 valence electrons. The van der Waals surface area contributed by atoms with E-state index >= 15 is 0 Å². The van der Waals surface area contributed by atoms with Crippen molar-refractivity contribution in [1.82, 2.24) is 0 Å². The standard InChI is InChI=1S/C10H8Br2ClNS/c1-2-3-6(5-14)9(13)8-4-7(11)10(12)15-8/h4H,2-3H2,1H3/b9-6+. The molecule has 0 aliphatic heterocycles. The lowest BCUT2D eigenvalue weighted by Crippen LogP contribution is -1.81. The van der Waals surface area contributed by atoms with E-state index < -0.39 is 0 Å². The molecule has 0 fully saturated rings. The van der Waals surface area contributed by atoms with Crippen LogP contribution in [0.3, 0.4) is 0 Å². The molecule has 1 rings (SSSR count). The summed E-state index contributed by atoms with van der Waals surface area (Å²) in [4.78, 5) is 0.917. The number of nitrogens with zero attached hydrogens (tertiary/aromatic N) is 1. The monoisotopic (exact) mass is 367 g/mol. The first kappa shape index (κ1) is 13.2. The maximum Gasteiger partial charge on any atom is 0.0963 e. The highest BCUT2D eigenvalue weighted by molar-refractivity contribution is 9.13. The van der Waals surface area contributed by atoms with E-state index in [-0.39, 0.29) is 0 Å². The van der Waals surface area contributed by atoms with E-state index in [1.165, 1.54) is 11.3 Å². The fourth-order valence-corrected chi connectivity index (χ4v) is 3.38. The molecule has 0 N–H and O–H groups in total. The van der Waals surface area contributed by atoms with Crippen molar-refractivity contribution in [3.8, 4) is 6.07 Å². The summed E-state index contributed by atoms with van der Waals surface area (Å²) in [6.07, 6.45) is 1.65. The van der Waals surface area contributed by atoms with E-state index in [2.05, 4.69) is 37.9 Å². The minimum Gasteiger partial charge on any atom is -0.193 e. The summed E-state index contributed by atoms with van der Waals surface area (Å²) in [6.45, 7) is 2.03. The summed E-state index contributed by atoms with van der Waals surface area (Å²) >= 11 is 14.5. The summed E-state index contributed by atoms with van der Waals surface area (Å²) in [7, 11) is 0. The third-order valence-electron chi connectivity index (χ3n) is 1.76. The number of rotatable bonds is 3. The molecule has 0 spiro atoms. The molecule has 1 nitrogen and oxygen atoms in total. The van der Waals surface area contributed by atoms with Crippen LogP contribution in [0.2, 0.25) is 0 Å². The second kappa shape index (κ2) is 6.05. The molecule has 0 radical (unpaired) electrons. The lowest BCUT2D eigenvalue weighted by molar-refractivity contribution is 0.933. The van der Waals surface area contributed by atoms with Crippen molar-refractivity contribution in [2.45, 2.75) is 19.8 Å². The van der Waals surface area contributed by atoms with Crippen molar-refractivity contribution in [3.63, 3.8) is 0 Å². The molecule has 1 heterocycles. The molecule has 5 heteroatoms. The molecule has 0 atom stereocenters. The van der Waals surface area contributed by atoms with Crippen LogP contribution >= 0.6 is 54.8 Å². The molecule has 15 heavy (non-hydrogen) atoms. The number of hydrogen-bond donors (Lipinski definition) is 0. The first-order chi connectivity index (χ1) is 7.10. The highest BCUT2D eigenvalue weighted by Crippen LogP contribution is 2.38. The predicted octanol–water partition coefficient (Wildman–Crippen LogP) is 5.55. The van der Waals surface area contributed by atoms with Crippen LogP contribution < -0.4 is 0 Å². The Morgan fingerprint density at radius 1 is 1.60 bits per heavy atom. The van der Waals surface area contributed by atoms with Crippen molar-refractivity contribution >= 4 is 59.8 Å². The highest BCUT2D eigenvalue weighted by atomic mass is 79.9.